The maximum atomic E-state index is 12.4. The summed E-state index contributed by atoms with van der Waals surface area (Å²) in [4.78, 5) is 26.6. The van der Waals surface area contributed by atoms with E-state index in [1.165, 1.54) is 0 Å². The third-order valence-corrected chi connectivity index (χ3v) is 6.16. The molecule has 0 unspecified atom stereocenters. The highest BCUT2D eigenvalue weighted by molar-refractivity contribution is 5.92. The Hall–Kier alpha value is -3.55. The van der Waals surface area contributed by atoms with Crippen LogP contribution in [0.2, 0.25) is 0 Å². The van der Waals surface area contributed by atoms with E-state index in [0.29, 0.717) is 17.4 Å². The van der Waals surface area contributed by atoms with Crippen LogP contribution >= 0.6 is 0 Å². The normalized spacial score (nSPS) is 15.0. The Balaban J connectivity index is 1.36. The fraction of sp³-hybridized carbons (Fsp3) is 0.348. The lowest BCUT2D eigenvalue weighted by molar-refractivity contribution is 0.355. The minimum absolute atomic E-state index is 0.0357. The first-order valence-electron chi connectivity index (χ1n) is 10.5. The highest BCUT2D eigenvalue weighted by Crippen LogP contribution is 2.35. The molecule has 0 bridgehead atoms. The van der Waals surface area contributed by atoms with Crippen LogP contribution in [-0.4, -0.2) is 46.8 Å². The summed E-state index contributed by atoms with van der Waals surface area (Å²) in [6, 6.07) is 11.7. The van der Waals surface area contributed by atoms with Gasteiger partial charge in [-0.3, -0.25) is 4.57 Å². The van der Waals surface area contributed by atoms with Crippen molar-refractivity contribution >= 4 is 27.8 Å². The highest BCUT2D eigenvalue weighted by atomic mass is 16.5. The summed E-state index contributed by atoms with van der Waals surface area (Å²) in [7, 11) is 3.25. The SMILES string of the molecule is COc1cc2ncnc(N3CCC(Cn4c(=O)[nH]c5ccccc54)CC3)c2cc1OC. The van der Waals surface area contributed by atoms with E-state index in [0.717, 1.165) is 60.2 Å². The van der Waals surface area contributed by atoms with Gasteiger partial charge in [0, 0.05) is 31.1 Å². The average molecular weight is 419 g/mol. The third kappa shape index (κ3) is 3.48. The molecule has 0 saturated carbocycles. The van der Waals surface area contributed by atoms with Crippen LogP contribution in [0.5, 0.6) is 11.5 Å². The molecule has 5 rings (SSSR count). The van der Waals surface area contributed by atoms with E-state index in [1.54, 1.807) is 20.5 Å². The van der Waals surface area contributed by atoms with E-state index in [9.17, 15) is 4.79 Å². The van der Waals surface area contributed by atoms with Crippen molar-refractivity contribution in [2.75, 3.05) is 32.2 Å². The molecule has 8 nitrogen and oxygen atoms in total. The number of fused-ring (bicyclic) bond motifs is 2. The van der Waals surface area contributed by atoms with Gasteiger partial charge in [0.05, 0.1) is 30.8 Å². The lowest BCUT2D eigenvalue weighted by atomic mass is 9.96. The lowest BCUT2D eigenvalue weighted by Gasteiger charge is -2.33. The standard InChI is InChI=1S/C23H25N5O3/c1-30-20-11-16-18(12-21(20)31-2)24-14-25-22(16)27-9-7-15(8-10-27)13-28-19-6-4-3-5-17(19)26-23(28)29/h3-6,11-12,14-15H,7-10,13H2,1-2H3,(H,26,29). The molecule has 1 N–H and O–H groups in total. The molecule has 160 valence electrons. The van der Waals surface area contributed by atoms with Crippen LogP contribution in [0, 0.1) is 5.92 Å². The number of aromatic nitrogens is 4. The molecule has 1 fully saturated rings. The first kappa shape index (κ1) is 19.4. The zero-order valence-electron chi connectivity index (χ0n) is 17.7. The summed E-state index contributed by atoms with van der Waals surface area (Å²) < 4.78 is 12.7. The first-order valence-corrected chi connectivity index (χ1v) is 10.5. The fourth-order valence-corrected chi connectivity index (χ4v) is 4.50. The van der Waals surface area contributed by atoms with Gasteiger partial charge in [0.2, 0.25) is 0 Å². The largest absolute Gasteiger partial charge is 0.493 e. The van der Waals surface area contributed by atoms with Gasteiger partial charge in [-0.2, -0.15) is 0 Å². The van der Waals surface area contributed by atoms with Crippen LogP contribution in [0.3, 0.4) is 0 Å². The number of aromatic amines is 1. The van der Waals surface area contributed by atoms with Crippen molar-refractivity contribution in [2.45, 2.75) is 19.4 Å². The van der Waals surface area contributed by atoms with Crippen molar-refractivity contribution in [3.63, 3.8) is 0 Å². The van der Waals surface area contributed by atoms with Gasteiger partial charge in [-0.1, -0.05) is 12.1 Å². The van der Waals surface area contributed by atoms with E-state index >= 15 is 0 Å². The molecular weight excluding hydrogens is 394 g/mol. The molecule has 0 amide bonds. The Morgan fingerprint density at radius 2 is 1.81 bits per heavy atom. The van der Waals surface area contributed by atoms with E-state index < -0.39 is 0 Å². The summed E-state index contributed by atoms with van der Waals surface area (Å²) >= 11 is 0. The van der Waals surface area contributed by atoms with Crippen molar-refractivity contribution in [1.29, 1.82) is 0 Å². The van der Waals surface area contributed by atoms with E-state index in [4.69, 9.17) is 9.47 Å². The molecular formula is C23H25N5O3. The van der Waals surface area contributed by atoms with Crippen LogP contribution in [0.4, 0.5) is 5.82 Å². The van der Waals surface area contributed by atoms with Gasteiger partial charge in [-0.15, -0.1) is 0 Å². The van der Waals surface area contributed by atoms with Crippen molar-refractivity contribution in [2.24, 2.45) is 5.92 Å². The van der Waals surface area contributed by atoms with Gasteiger partial charge in [0.25, 0.3) is 0 Å². The lowest BCUT2D eigenvalue weighted by Crippen LogP contribution is -2.36. The Morgan fingerprint density at radius 1 is 1.06 bits per heavy atom. The Morgan fingerprint density at radius 3 is 2.58 bits per heavy atom. The topological polar surface area (TPSA) is 85.3 Å². The van der Waals surface area contributed by atoms with Crippen LogP contribution < -0.4 is 20.1 Å². The number of hydrogen-bond acceptors (Lipinski definition) is 6. The molecule has 2 aromatic heterocycles. The molecule has 4 aromatic rings. The number of H-pyrrole nitrogens is 1. The van der Waals surface area contributed by atoms with Gasteiger partial charge in [0.1, 0.15) is 12.1 Å². The van der Waals surface area contributed by atoms with Crippen LogP contribution in [-0.2, 0) is 6.54 Å². The Kier molecular flexibility index (Phi) is 4.97. The van der Waals surface area contributed by atoms with Gasteiger partial charge < -0.3 is 19.4 Å². The second kappa shape index (κ2) is 7.94. The zero-order chi connectivity index (χ0) is 21.4. The summed E-state index contributed by atoms with van der Waals surface area (Å²) in [6.07, 6.45) is 3.58. The fourth-order valence-electron chi connectivity index (χ4n) is 4.50. The predicted octanol–water partition coefficient (Wildman–Crippen LogP) is 3.21. The second-order valence-corrected chi connectivity index (χ2v) is 7.91. The summed E-state index contributed by atoms with van der Waals surface area (Å²) in [6.45, 7) is 2.48. The molecule has 3 heterocycles. The molecule has 0 atom stereocenters. The van der Waals surface area contributed by atoms with Crippen LogP contribution in [0.15, 0.2) is 47.5 Å². The second-order valence-electron chi connectivity index (χ2n) is 7.91. The number of ether oxygens (including phenoxy) is 2. The number of anilines is 1. The number of methoxy groups -OCH3 is 2. The molecule has 0 spiro atoms. The molecule has 1 aliphatic rings. The third-order valence-electron chi connectivity index (χ3n) is 6.16. The molecule has 1 saturated heterocycles. The van der Waals surface area contributed by atoms with Crippen molar-refractivity contribution < 1.29 is 9.47 Å². The van der Waals surface area contributed by atoms with Crippen molar-refractivity contribution in [1.82, 2.24) is 19.5 Å². The van der Waals surface area contributed by atoms with Gasteiger partial charge >= 0.3 is 5.69 Å². The predicted molar refractivity (Wildman–Crippen MR) is 120 cm³/mol. The van der Waals surface area contributed by atoms with Crippen LogP contribution in [0.25, 0.3) is 21.9 Å². The number of nitrogens with one attached hydrogen (secondary N) is 1. The molecule has 0 aliphatic carbocycles. The average Bonchev–Trinajstić information content (AvgIpc) is 3.13. The molecule has 2 aromatic carbocycles. The summed E-state index contributed by atoms with van der Waals surface area (Å²) in [5.41, 5.74) is 2.65. The zero-order valence-corrected chi connectivity index (χ0v) is 17.7. The summed E-state index contributed by atoms with van der Waals surface area (Å²) in [5, 5.41) is 0.950. The number of benzene rings is 2. The van der Waals surface area contributed by atoms with Gasteiger partial charge in [-0.05, 0) is 37.0 Å². The quantitative estimate of drug-likeness (QED) is 0.535. The number of hydrogen-bond donors (Lipinski definition) is 1. The number of piperidine rings is 1. The van der Waals surface area contributed by atoms with Crippen molar-refractivity contribution in [3.8, 4) is 11.5 Å². The van der Waals surface area contributed by atoms with E-state index in [-0.39, 0.29) is 5.69 Å². The molecule has 1 aliphatic heterocycles. The first-order chi connectivity index (χ1) is 15.2. The number of nitrogens with zero attached hydrogens (tertiary/aromatic N) is 4. The molecule has 0 radical (unpaired) electrons. The smallest absolute Gasteiger partial charge is 0.326 e. The minimum atomic E-state index is -0.0357. The molecule has 31 heavy (non-hydrogen) atoms. The highest BCUT2D eigenvalue weighted by Gasteiger charge is 2.24. The summed E-state index contributed by atoms with van der Waals surface area (Å²) in [5.74, 6) is 2.67. The minimum Gasteiger partial charge on any atom is -0.493 e. The maximum Gasteiger partial charge on any atom is 0.326 e. The number of para-hydroxylation sites is 2. The Labute approximate surface area is 179 Å². The van der Waals surface area contributed by atoms with Crippen LogP contribution in [0.1, 0.15) is 12.8 Å². The van der Waals surface area contributed by atoms with E-state index in [1.807, 2.05) is 41.0 Å². The van der Waals surface area contributed by atoms with Crippen molar-refractivity contribution in [3.05, 3.63) is 53.2 Å². The maximum absolute atomic E-state index is 12.4. The van der Waals surface area contributed by atoms with Gasteiger partial charge in [-0.25, -0.2) is 14.8 Å². The monoisotopic (exact) mass is 419 g/mol. The number of imidazole rings is 1. The number of rotatable bonds is 5. The van der Waals surface area contributed by atoms with Gasteiger partial charge in [0.15, 0.2) is 11.5 Å². The van der Waals surface area contributed by atoms with E-state index in [2.05, 4.69) is 19.9 Å². The molecule has 8 heteroatoms. The Bertz CT molecular complexity index is 1290.